The number of likely N-dealkylation sites (N-methyl/N-ethyl adjacent to an activating group) is 1. The molecule has 140 valence electrons. The molecule has 2 aliphatic heterocycles. The number of hydrogen-bond acceptors (Lipinski definition) is 4. The van der Waals surface area contributed by atoms with Gasteiger partial charge < -0.3 is 5.32 Å². The molecule has 0 bridgehead atoms. The van der Waals surface area contributed by atoms with Crippen molar-refractivity contribution in [1.29, 1.82) is 0 Å². The monoisotopic (exact) mass is 370 g/mol. The van der Waals surface area contributed by atoms with Crippen LogP contribution in [-0.4, -0.2) is 29.4 Å². The van der Waals surface area contributed by atoms with E-state index in [4.69, 9.17) is 4.99 Å². The molecule has 1 atom stereocenters. The predicted octanol–water partition coefficient (Wildman–Crippen LogP) is 4.31. The van der Waals surface area contributed by atoms with Crippen LogP contribution in [0.3, 0.4) is 0 Å². The lowest BCUT2D eigenvalue weighted by atomic mass is 9.93. The molecular weight excluding hydrogens is 348 g/mol. The van der Waals surface area contributed by atoms with Crippen molar-refractivity contribution in [2.45, 2.75) is 13.3 Å². The van der Waals surface area contributed by atoms with Crippen molar-refractivity contribution < 1.29 is 4.79 Å². The summed E-state index contributed by atoms with van der Waals surface area (Å²) in [6.45, 7) is 9.91. The van der Waals surface area contributed by atoms with Crippen molar-refractivity contribution >= 4 is 28.7 Å². The number of amides is 1. The molecule has 1 unspecified atom stereocenters. The van der Waals surface area contributed by atoms with Crippen LogP contribution in [0.2, 0.25) is 0 Å². The SMILES string of the molecule is C=C1C=CC(C(=O)Nc2ccc3c(c2)N=C(C2=NN(C)C(=C)C=C2)C3)=CC1C. The van der Waals surface area contributed by atoms with E-state index in [2.05, 4.69) is 23.6 Å². The smallest absolute Gasteiger partial charge is 0.255 e. The summed E-state index contributed by atoms with van der Waals surface area (Å²) < 4.78 is 0. The van der Waals surface area contributed by atoms with Crippen molar-refractivity contribution in [2.24, 2.45) is 16.0 Å². The van der Waals surface area contributed by atoms with Crippen molar-refractivity contribution in [2.75, 3.05) is 12.4 Å². The zero-order valence-electron chi connectivity index (χ0n) is 16.1. The minimum absolute atomic E-state index is 0.127. The lowest BCUT2D eigenvalue weighted by Crippen LogP contribution is -2.21. The Labute approximate surface area is 164 Å². The van der Waals surface area contributed by atoms with E-state index in [1.54, 1.807) is 11.1 Å². The van der Waals surface area contributed by atoms with Crippen LogP contribution in [0.4, 0.5) is 11.4 Å². The molecule has 1 aliphatic carbocycles. The first-order valence-electron chi connectivity index (χ1n) is 9.21. The Kier molecular flexibility index (Phi) is 4.43. The number of aliphatic imine (C=N–C) groups is 1. The number of benzene rings is 1. The Morgan fingerprint density at radius 2 is 2.04 bits per heavy atom. The van der Waals surface area contributed by atoms with Crippen LogP contribution in [-0.2, 0) is 11.2 Å². The molecule has 0 fully saturated rings. The van der Waals surface area contributed by atoms with Crippen LogP contribution in [0.1, 0.15) is 12.5 Å². The minimum Gasteiger partial charge on any atom is -0.322 e. The number of nitrogens with one attached hydrogen (secondary N) is 1. The van der Waals surface area contributed by atoms with E-state index >= 15 is 0 Å². The number of carbonyl (C=O) groups is 1. The second kappa shape index (κ2) is 6.93. The molecule has 0 saturated heterocycles. The molecular formula is C23H22N4O. The van der Waals surface area contributed by atoms with E-state index in [0.29, 0.717) is 5.57 Å². The average Bonchev–Trinajstić information content (AvgIpc) is 3.09. The first-order chi connectivity index (χ1) is 13.4. The molecule has 5 heteroatoms. The number of hydrazone groups is 1. The molecule has 1 aromatic carbocycles. The van der Waals surface area contributed by atoms with E-state index in [1.165, 1.54) is 0 Å². The van der Waals surface area contributed by atoms with Gasteiger partial charge in [0.2, 0.25) is 0 Å². The van der Waals surface area contributed by atoms with Crippen molar-refractivity contribution in [3.05, 3.63) is 84.1 Å². The van der Waals surface area contributed by atoms with Crippen molar-refractivity contribution in [3.63, 3.8) is 0 Å². The van der Waals surface area contributed by atoms with Gasteiger partial charge in [0.25, 0.3) is 5.91 Å². The van der Waals surface area contributed by atoms with Gasteiger partial charge in [0.15, 0.2) is 0 Å². The van der Waals surface area contributed by atoms with Gasteiger partial charge >= 0.3 is 0 Å². The second-order valence-electron chi connectivity index (χ2n) is 7.19. The van der Waals surface area contributed by atoms with Crippen LogP contribution >= 0.6 is 0 Å². The summed E-state index contributed by atoms with van der Waals surface area (Å²) in [6, 6.07) is 5.83. The number of anilines is 1. The summed E-state index contributed by atoms with van der Waals surface area (Å²) in [5.74, 6) is 0.0361. The summed E-state index contributed by atoms with van der Waals surface area (Å²) in [7, 11) is 1.87. The maximum absolute atomic E-state index is 12.6. The van der Waals surface area contributed by atoms with Gasteiger partial charge in [0.05, 0.1) is 17.1 Å². The van der Waals surface area contributed by atoms with Gasteiger partial charge in [-0.2, -0.15) is 5.10 Å². The minimum atomic E-state index is -0.127. The zero-order valence-corrected chi connectivity index (χ0v) is 16.1. The zero-order chi connectivity index (χ0) is 19.8. The van der Waals surface area contributed by atoms with Gasteiger partial charge in [-0.05, 0) is 47.4 Å². The number of fused-ring (bicyclic) bond motifs is 1. The molecule has 0 radical (unpaired) electrons. The quantitative estimate of drug-likeness (QED) is 0.862. The lowest BCUT2D eigenvalue weighted by Gasteiger charge is -2.18. The molecule has 0 aromatic heterocycles. The van der Waals surface area contributed by atoms with Gasteiger partial charge in [-0.15, -0.1) is 0 Å². The molecule has 1 amide bonds. The normalized spacial score (nSPS) is 20.6. The van der Waals surface area contributed by atoms with E-state index in [9.17, 15) is 4.79 Å². The molecule has 0 saturated carbocycles. The number of allylic oxidation sites excluding steroid dienone is 5. The van der Waals surface area contributed by atoms with Gasteiger partial charge in [-0.3, -0.25) is 14.8 Å². The summed E-state index contributed by atoms with van der Waals surface area (Å²) in [4.78, 5) is 17.3. The first-order valence-corrected chi connectivity index (χ1v) is 9.21. The molecule has 4 rings (SSSR count). The van der Waals surface area contributed by atoms with Crippen LogP contribution in [0.25, 0.3) is 0 Å². The van der Waals surface area contributed by atoms with Crippen molar-refractivity contribution in [3.8, 4) is 0 Å². The third kappa shape index (κ3) is 3.39. The Hall–Kier alpha value is -3.47. The fraction of sp³-hybridized carbons (Fsp3) is 0.174. The van der Waals surface area contributed by atoms with E-state index in [0.717, 1.165) is 46.1 Å². The maximum Gasteiger partial charge on any atom is 0.255 e. The Bertz CT molecular complexity index is 1050. The number of carbonyl (C=O) groups excluding carboxylic acids is 1. The van der Waals surface area contributed by atoms with Gasteiger partial charge in [-0.25, -0.2) is 0 Å². The molecule has 5 nitrogen and oxygen atoms in total. The van der Waals surface area contributed by atoms with Crippen molar-refractivity contribution in [1.82, 2.24) is 5.01 Å². The Morgan fingerprint density at radius 1 is 1.21 bits per heavy atom. The number of rotatable bonds is 3. The van der Waals surface area contributed by atoms with Gasteiger partial charge in [0.1, 0.15) is 5.71 Å². The van der Waals surface area contributed by atoms with Crippen LogP contribution < -0.4 is 5.32 Å². The molecule has 3 aliphatic rings. The fourth-order valence-corrected chi connectivity index (χ4v) is 3.24. The van der Waals surface area contributed by atoms with Gasteiger partial charge in [0, 0.05) is 24.7 Å². The Balaban J connectivity index is 1.52. The summed E-state index contributed by atoms with van der Waals surface area (Å²) >= 11 is 0. The van der Waals surface area contributed by atoms with Crippen LogP contribution in [0, 0.1) is 5.92 Å². The summed E-state index contributed by atoms with van der Waals surface area (Å²) in [6.07, 6.45) is 10.2. The van der Waals surface area contributed by atoms with E-state index in [1.807, 2.05) is 56.5 Å². The number of nitrogens with zero attached hydrogens (tertiary/aromatic N) is 3. The largest absolute Gasteiger partial charge is 0.322 e. The topological polar surface area (TPSA) is 57.1 Å². The molecule has 1 N–H and O–H groups in total. The highest BCUT2D eigenvalue weighted by atomic mass is 16.1. The van der Waals surface area contributed by atoms with Crippen LogP contribution in [0.5, 0.6) is 0 Å². The third-order valence-corrected chi connectivity index (χ3v) is 5.11. The van der Waals surface area contributed by atoms with E-state index in [-0.39, 0.29) is 11.8 Å². The standard InChI is InChI=1S/C23H22N4O/c1-14-5-7-18(11-15(14)2)23(28)24-19-9-8-17-12-22(25-21(17)13-19)20-10-6-16(3)27(4)26-20/h5-11,13,15H,1,3,12H2,2,4H3,(H,24,28). The third-order valence-electron chi connectivity index (χ3n) is 5.11. The van der Waals surface area contributed by atoms with Gasteiger partial charge in [-0.1, -0.05) is 38.3 Å². The molecule has 2 heterocycles. The highest BCUT2D eigenvalue weighted by Crippen LogP contribution is 2.31. The molecule has 0 spiro atoms. The average molecular weight is 370 g/mol. The summed E-state index contributed by atoms with van der Waals surface area (Å²) in [5.41, 5.74) is 6.96. The second-order valence-corrected chi connectivity index (χ2v) is 7.19. The number of hydrogen-bond donors (Lipinski definition) is 1. The molecule has 1 aromatic rings. The van der Waals surface area contributed by atoms with Crippen LogP contribution in [0.15, 0.2) is 88.7 Å². The fourth-order valence-electron chi connectivity index (χ4n) is 3.24. The Morgan fingerprint density at radius 3 is 2.79 bits per heavy atom. The predicted molar refractivity (Wildman–Crippen MR) is 115 cm³/mol. The molecule has 28 heavy (non-hydrogen) atoms. The van der Waals surface area contributed by atoms with E-state index < -0.39 is 0 Å². The highest BCUT2D eigenvalue weighted by Gasteiger charge is 2.21. The highest BCUT2D eigenvalue weighted by molar-refractivity contribution is 6.48. The maximum atomic E-state index is 12.6. The summed E-state index contributed by atoms with van der Waals surface area (Å²) in [5, 5.41) is 9.22. The lowest BCUT2D eigenvalue weighted by molar-refractivity contribution is -0.112. The first kappa shape index (κ1) is 17.9.